The van der Waals surface area contributed by atoms with Crippen molar-refractivity contribution >= 4 is 17.4 Å². The lowest BCUT2D eigenvalue weighted by molar-refractivity contribution is -0.137. The number of aromatic nitrogens is 2. The molecule has 0 saturated carbocycles. The van der Waals surface area contributed by atoms with Crippen LogP contribution in [0.5, 0.6) is 0 Å². The number of halogens is 3. The molecule has 1 aromatic carbocycles. The fraction of sp³-hybridized carbons (Fsp3) is 0.353. The second-order valence-corrected chi connectivity index (χ2v) is 5.99. The third-order valence-corrected chi connectivity index (χ3v) is 3.23. The van der Waals surface area contributed by atoms with E-state index < -0.39 is 17.6 Å². The van der Waals surface area contributed by atoms with Crippen LogP contribution in [0, 0.1) is 12.8 Å². The lowest BCUT2D eigenvalue weighted by Crippen LogP contribution is -2.17. The van der Waals surface area contributed by atoms with Crippen molar-refractivity contribution in [3.05, 3.63) is 47.4 Å². The molecule has 1 amide bonds. The number of alkyl halides is 3. The smallest absolute Gasteiger partial charge is 0.370 e. The van der Waals surface area contributed by atoms with E-state index in [1.807, 2.05) is 13.8 Å². The minimum atomic E-state index is -4.41. The summed E-state index contributed by atoms with van der Waals surface area (Å²) in [7, 11) is 0. The van der Waals surface area contributed by atoms with E-state index in [0.29, 0.717) is 24.1 Å². The van der Waals surface area contributed by atoms with Gasteiger partial charge in [-0.1, -0.05) is 13.8 Å². The van der Waals surface area contributed by atoms with Crippen LogP contribution in [-0.2, 0) is 6.18 Å². The Morgan fingerprint density at radius 1 is 1.16 bits per heavy atom. The van der Waals surface area contributed by atoms with Gasteiger partial charge in [0, 0.05) is 18.3 Å². The maximum atomic E-state index is 12.6. The van der Waals surface area contributed by atoms with Gasteiger partial charge in [0.15, 0.2) is 0 Å². The highest BCUT2D eigenvalue weighted by Crippen LogP contribution is 2.29. The first-order chi connectivity index (χ1) is 11.6. The molecule has 0 unspecified atom stereocenters. The largest absolute Gasteiger partial charge is 0.416 e. The molecule has 0 radical (unpaired) electrons. The minimum Gasteiger partial charge on any atom is -0.370 e. The molecule has 0 saturated heterocycles. The van der Waals surface area contributed by atoms with E-state index in [1.165, 1.54) is 18.2 Å². The SMILES string of the molecule is Cc1nc(NCC(C)C)cc(C(=O)Nc2ccc(C(F)(F)F)cc2)n1. The van der Waals surface area contributed by atoms with Gasteiger partial charge in [-0.2, -0.15) is 13.2 Å². The molecule has 1 heterocycles. The molecule has 0 fully saturated rings. The first-order valence-corrected chi connectivity index (χ1v) is 7.73. The first kappa shape index (κ1) is 18.7. The van der Waals surface area contributed by atoms with Crippen LogP contribution in [0.15, 0.2) is 30.3 Å². The zero-order valence-electron chi connectivity index (χ0n) is 14.1. The van der Waals surface area contributed by atoms with E-state index in [9.17, 15) is 18.0 Å². The lowest BCUT2D eigenvalue weighted by atomic mass is 10.2. The zero-order valence-corrected chi connectivity index (χ0v) is 14.1. The van der Waals surface area contributed by atoms with E-state index in [-0.39, 0.29) is 11.4 Å². The van der Waals surface area contributed by atoms with Crippen LogP contribution in [0.2, 0.25) is 0 Å². The van der Waals surface area contributed by atoms with E-state index in [1.54, 1.807) is 6.92 Å². The Balaban J connectivity index is 2.12. The normalized spacial score (nSPS) is 11.5. The van der Waals surface area contributed by atoms with Crippen LogP contribution in [0.1, 0.15) is 35.7 Å². The standard InChI is InChI=1S/C17H19F3N4O/c1-10(2)9-21-15-8-14(22-11(3)23-15)16(25)24-13-6-4-12(5-7-13)17(18,19)20/h4-8,10H,9H2,1-3H3,(H,24,25)(H,21,22,23). The van der Waals surface area contributed by atoms with Gasteiger partial charge in [-0.15, -0.1) is 0 Å². The third-order valence-electron chi connectivity index (χ3n) is 3.23. The van der Waals surface area contributed by atoms with Gasteiger partial charge in [-0.05, 0) is 37.1 Å². The van der Waals surface area contributed by atoms with E-state index in [2.05, 4.69) is 20.6 Å². The summed E-state index contributed by atoms with van der Waals surface area (Å²) >= 11 is 0. The van der Waals surface area contributed by atoms with Crippen LogP contribution in [-0.4, -0.2) is 22.4 Å². The lowest BCUT2D eigenvalue weighted by Gasteiger charge is -2.11. The summed E-state index contributed by atoms with van der Waals surface area (Å²) in [5.41, 5.74) is -0.381. The molecule has 25 heavy (non-hydrogen) atoms. The van der Waals surface area contributed by atoms with Crippen LogP contribution < -0.4 is 10.6 Å². The van der Waals surface area contributed by atoms with Gasteiger partial charge in [-0.25, -0.2) is 9.97 Å². The van der Waals surface area contributed by atoms with Crippen molar-refractivity contribution in [3.8, 4) is 0 Å². The molecule has 134 valence electrons. The van der Waals surface area contributed by atoms with Crippen molar-refractivity contribution in [1.82, 2.24) is 9.97 Å². The van der Waals surface area contributed by atoms with Gasteiger partial charge >= 0.3 is 6.18 Å². The summed E-state index contributed by atoms with van der Waals surface area (Å²) in [6.07, 6.45) is -4.41. The van der Waals surface area contributed by atoms with Gasteiger partial charge in [0.05, 0.1) is 5.56 Å². The Morgan fingerprint density at radius 3 is 2.36 bits per heavy atom. The third kappa shape index (κ3) is 5.44. The number of anilines is 2. The molecule has 0 atom stereocenters. The number of aryl methyl sites for hydroxylation is 1. The number of rotatable bonds is 5. The summed E-state index contributed by atoms with van der Waals surface area (Å²) in [6.45, 7) is 6.43. The van der Waals surface area contributed by atoms with Crippen molar-refractivity contribution in [2.75, 3.05) is 17.2 Å². The van der Waals surface area contributed by atoms with Gasteiger partial charge in [-0.3, -0.25) is 4.79 Å². The van der Waals surface area contributed by atoms with Crippen molar-refractivity contribution in [2.45, 2.75) is 26.9 Å². The monoisotopic (exact) mass is 352 g/mol. The number of carbonyl (C=O) groups excluding carboxylic acids is 1. The molecule has 2 N–H and O–H groups in total. The summed E-state index contributed by atoms with van der Waals surface area (Å²) in [5, 5.41) is 5.64. The van der Waals surface area contributed by atoms with Crippen molar-refractivity contribution in [2.24, 2.45) is 5.92 Å². The Hall–Kier alpha value is -2.64. The summed E-state index contributed by atoms with van der Waals surface area (Å²) < 4.78 is 37.7. The number of carbonyl (C=O) groups is 1. The maximum absolute atomic E-state index is 12.6. The van der Waals surface area contributed by atoms with Gasteiger partial charge in [0.2, 0.25) is 0 Å². The van der Waals surface area contributed by atoms with Crippen LogP contribution in [0.3, 0.4) is 0 Å². The molecule has 0 spiro atoms. The molecule has 5 nitrogen and oxygen atoms in total. The quantitative estimate of drug-likeness (QED) is 0.849. The van der Waals surface area contributed by atoms with Crippen LogP contribution in [0.25, 0.3) is 0 Å². The second-order valence-electron chi connectivity index (χ2n) is 5.99. The zero-order chi connectivity index (χ0) is 18.6. The number of nitrogens with zero attached hydrogens (tertiary/aromatic N) is 2. The van der Waals surface area contributed by atoms with Crippen molar-refractivity contribution in [3.63, 3.8) is 0 Å². The Morgan fingerprint density at radius 2 is 1.80 bits per heavy atom. The van der Waals surface area contributed by atoms with Crippen molar-refractivity contribution in [1.29, 1.82) is 0 Å². The Kier molecular flexibility index (Phi) is 5.61. The number of hydrogen-bond donors (Lipinski definition) is 2. The molecule has 2 rings (SSSR count). The topological polar surface area (TPSA) is 66.9 Å². The molecule has 0 aliphatic rings. The molecule has 2 aromatic rings. The predicted molar refractivity (Wildman–Crippen MR) is 89.5 cm³/mol. The average Bonchev–Trinajstić information content (AvgIpc) is 2.52. The van der Waals surface area contributed by atoms with Gasteiger partial charge in [0.1, 0.15) is 17.3 Å². The average molecular weight is 352 g/mol. The summed E-state index contributed by atoms with van der Waals surface area (Å²) in [5.74, 6) is 0.836. The fourth-order valence-corrected chi connectivity index (χ4v) is 2.02. The predicted octanol–water partition coefficient (Wildman–Crippen LogP) is 4.12. The van der Waals surface area contributed by atoms with Gasteiger partial charge < -0.3 is 10.6 Å². The molecule has 0 aliphatic heterocycles. The molecule has 0 aliphatic carbocycles. The molecule has 8 heteroatoms. The number of hydrogen-bond acceptors (Lipinski definition) is 4. The van der Waals surface area contributed by atoms with Gasteiger partial charge in [0.25, 0.3) is 5.91 Å². The van der Waals surface area contributed by atoms with Crippen molar-refractivity contribution < 1.29 is 18.0 Å². The molecule has 0 bridgehead atoms. The second kappa shape index (κ2) is 7.50. The highest BCUT2D eigenvalue weighted by atomic mass is 19.4. The summed E-state index contributed by atoms with van der Waals surface area (Å²) in [4.78, 5) is 20.6. The highest BCUT2D eigenvalue weighted by molar-refractivity contribution is 6.03. The molecular formula is C17H19F3N4O. The maximum Gasteiger partial charge on any atom is 0.416 e. The minimum absolute atomic E-state index is 0.138. The number of nitrogens with one attached hydrogen (secondary N) is 2. The van der Waals surface area contributed by atoms with E-state index >= 15 is 0 Å². The van der Waals surface area contributed by atoms with Crippen LogP contribution in [0.4, 0.5) is 24.7 Å². The number of benzene rings is 1. The van der Waals surface area contributed by atoms with Crippen LogP contribution >= 0.6 is 0 Å². The molecule has 1 aromatic heterocycles. The first-order valence-electron chi connectivity index (χ1n) is 7.73. The fourth-order valence-electron chi connectivity index (χ4n) is 2.02. The Bertz CT molecular complexity index is 743. The van der Waals surface area contributed by atoms with E-state index in [4.69, 9.17) is 0 Å². The number of amides is 1. The Labute approximate surface area is 143 Å². The highest BCUT2D eigenvalue weighted by Gasteiger charge is 2.30. The summed E-state index contributed by atoms with van der Waals surface area (Å²) in [6, 6.07) is 5.74. The molecular weight excluding hydrogens is 333 g/mol. The van der Waals surface area contributed by atoms with E-state index in [0.717, 1.165) is 12.1 Å².